The van der Waals surface area contributed by atoms with E-state index < -0.39 is 6.04 Å². The summed E-state index contributed by atoms with van der Waals surface area (Å²) < 4.78 is 0. The minimum Gasteiger partial charge on any atom is -0.264 e. The summed E-state index contributed by atoms with van der Waals surface area (Å²) in [7, 11) is 0. The molecule has 0 aliphatic heterocycles. The summed E-state index contributed by atoms with van der Waals surface area (Å²) in [4.78, 5) is 10.3. The molecule has 0 aromatic carbocycles. The van der Waals surface area contributed by atoms with Crippen molar-refractivity contribution >= 4 is 0 Å². The van der Waals surface area contributed by atoms with E-state index in [1.165, 1.54) is 12.8 Å². The summed E-state index contributed by atoms with van der Waals surface area (Å²) in [6, 6.07) is -0.469. The van der Waals surface area contributed by atoms with Crippen molar-refractivity contribution in [3.05, 3.63) is 21.8 Å². The molecule has 1 aliphatic rings. The highest BCUT2D eigenvalue weighted by molar-refractivity contribution is 5.08. The van der Waals surface area contributed by atoms with Gasteiger partial charge in [0.15, 0.2) is 0 Å². The maximum absolute atomic E-state index is 10.5. The van der Waals surface area contributed by atoms with Gasteiger partial charge in [-0.15, -0.1) is 0 Å². The fourth-order valence-corrected chi connectivity index (χ4v) is 1.55. The molecule has 3 heteroatoms. The number of hydrogen-bond acceptors (Lipinski definition) is 2. The van der Waals surface area contributed by atoms with Crippen molar-refractivity contribution in [2.24, 2.45) is 0 Å². The summed E-state index contributed by atoms with van der Waals surface area (Å²) in [5.74, 6) is 0. The van der Waals surface area contributed by atoms with Crippen LogP contribution in [0, 0.1) is 10.1 Å². The van der Waals surface area contributed by atoms with Gasteiger partial charge in [0.25, 0.3) is 0 Å². The normalized spacial score (nSPS) is 19.3. The van der Waals surface area contributed by atoms with Crippen LogP contribution in [0.1, 0.15) is 46.5 Å². The lowest BCUT2D eigenvalue weighted by Gasteiger charge is -2.06. The zero-order valence-electron chi connectivity index (χ0n) is 7.45. The van der Waals surface area contributed by atoms with Crippen LogP contribution in [0.15, 0.2) is 11.6 Å². The third-order valence-corrected chi connectivity index (χ3v) is 2.43. The van der Waals surface area contributed by atoms with Gasteiger partial charge in [-0.2, -0.15) is 0 Å². The molecule has 13 heavy (non-hydrogen) atoms. The van der Waals surface area contributed by atoms with Crippen LogP contribution >= 0.6 is 0 Å². The van der Waals surface area contributed by atoms with Gasteiger partial charge in [-0.25, -0.2) is 0 Å². The molecule has 0 saturated heterocycles. The number of rotatable bonds is 2. The molecule has 3 nitrogen and oxygen atoms in total. The van der Waals surface area contributed by atoms with Crippen LogP contribution in [-0.2, 0) is 0 Å². The fraction of sp³-hybridized carbons (Fsp3) is 0.800. The zero-order valence-corrected chi connectivity index (χ0v) is 7.45. The zero-order chi connectivity index (χ0) is 8.97. The highest BCUT2D eigenvalue weighted by Crippen LogP contribution is 2.20. The molecule has 1 rings (SSSR count). The van der Waals surface area contributed by atoms with Gasteiger partial charge in [0.1, 0.15) is 0 Å². The molecule has 1 aliphatic carbocycles. The topological polar surface area (TPSA) is 43.1 Å². The second-order valence-electron chi connectivity index (χ2n) is 3.34. The molecule has 0 heterocycles. The van der Waals surface area contributed by atoms with Gasteiger partial charge in [0.2, 0.25) is 6.04 Å². The van der Waals surface area contributed by atoms with Gasteiger partial charge >= 0.3 is 0 Å². The van der Waals surface area contributed by atoms with E-state index in [1.54, 1.807) is 6.92 Å². The summed E-state index contributed by atoms with van der Waals surface area (Å²) in [5.41, 5.74) is 1.03. The summed E-state index contributed by atoms with van der Waals surface area (Å²) >= 11 is 0. The van der Waals surface area contributed by atoms with Crippen molar-refractivity contribution in [2.45, 2.75) is 52.5 Å². The molecule has 0 bridgehead atoms. The first kappa shape index (κ1) is 12.1. The Morgan fingerprint density at radius 1 is 1.46 bits per heavy atom. The standard InChI is InChI=1S/C9H15NO2.CH4/c1-8(10(11)12)9-6-4-2-3-5-7-9;/h6,8H,2-5,7H2,1H3;1H4. The van der Waals surface area contributed by atoms with E-state index in [9.17, 15) is 10.1 Å². The average Bonchev–Trinajstić information content (AvgIpc) is 2.30. The average molecular weight is 185 g/mol. The second kappa shape index (κ2) is 5.73. The fourth-order valence-electron chi connectivity index (χ4n) is 1.55. The minimum absolute atomic E-state index is 0. The van der Waals surface area contributed by atoms with Crippen LogP contribution in [-0.4, -0.2) is 11.0 Å². The molecule has 0 saturated carbocycles. The second-order valence-corrected chi connectivity index (χ2v) is 3.34. The van der Waals surface area contributed by atoms with E-state index in [4.69, 9.17) is 0 Å². The Balaban J connectivity index is 0.00000144. The van der Waals surface area contributed by atoms with E-state index in [0.29, 0.717) is 0 Å². The molecule has 0 amide bonds. The lowest BCUT2D eigenvalue weighted by atomic mass is 10.0. The van der Waals surface area contributed by atoms with Crippen LogP contribution < -0.4 is 0 Å². The quantitative estimate of drug-likeness (QED) is 0.376. The molecule has 1 atom stereocenters. The summed E-state index contributed by atoms with van der Waals surface area (Å²) in [5, 5.41) is 10.5. The summed E-state index contributed by atoms with van der Waals surface area (Å²) in [6.45, 7) is 1.68. The molecule has 1 unspecified atom stereocenters. The third kappa shape index (κ3) is 3.57. The number of hydrogen-bond donors (Lipinski definition) is 0. The van der Waals surface area contributed by atoms with Crippen LogP contribution in [0.4, 0.5) is 0 Å². The lowest BCUT2D eigenvalue weighted by molar-refractivity contribution is -0.508. The van der Waals surface area contributed by atoms with Crippen LogP contribution in [0.3, 0.4) is 0 Å². The smallest absolute Gasteiger partial charge is 0.231 e. The third-order valence-electron chi connectivity index (χ3n) is 2.43. The minimum atomic E-state index is -0.469. The largest absolute Gasteiger partial charge is 0.264 e. The van der Waals surface area contributed by atoms with Crippen LogP contribution in [0.25, 0.3) is 0 Å². The molecule has 0 N–H and O–H groups in total. The molecule has 0 radical (unpaired) electrons. The molecule has 0 aromatic rings. The summed E-state index contributed by atoms with van der Waals surface area (Å²) in [6.07, 6.45) is 7.51. The Bertz CT molecular complexity index is 199. The van der Waals surface area contributed by atoms with Crippen LogP contribution in [0.2, 0.25) is 0 Å². The van der Waals surface area contributed by atoms with Crippen molar-refractivity contribution in [1.29, 1.82) is 0 Å². The lowest BCUT2D eigenvalue weighted by Crippen LogP contribution is -2.17. The Labute approximate surface area is 80.0 Å². The Hall–Kier alpha value is -0.860. The Morgan fingerprint density at radius 2 is 2.15 bits per heavy atom. The predicted octanol–water partition coefficient (Wildman–Crippen LogP) is 3.18. The van der Waals surface area contributed by atoms with Crippen LogP contribution in [0.5, 0.6) is 0 Å². The van der Waals surface area contributed by atoms with Gasteiger partial charge in [0.05, 0.1) is 0 Å². The highest BCUT2D eigenvalue weighted by atomic mass is 16.6. The molecular formula is C10H19NO2. The van der Waals surface area contributed by atoms with Crippen molar-refractivity contribution in [2.75, 3.05) is 0 Å². The van der Waals surface area contributed by atoms with E-state index in [0.717, 1.165) is 24.8 Å². The number of allylic oxidation sites excluding steroid dienone is 1. The number of nitro groups is 1. The van der Waals surface area contributed by atoms with Gasteiger partial charge < -0.3 is 0 Å². The van der Waals surface area contributed by atoms with E-state index in [-0.39, 0.29) is 12.3 Å². The van der Waals surface area contributed by atoms with E-state index in [2.05, 4.69) is 6.08 Å². The first-order chi connectivity index (χ1) is 5.72. The molecule has 0 fully saturated rings. The Morgan fingerprint density at radius 3 is 2.77 bits per heavy atom. The SMILES string of the molecule is C.CC(C1=CCCCCC1)[N+](=O)[O-]. The van der Waals surface area contributed by atoms with Crippen molar-refractivity contribution < 1.29 is 4.92 Å². The van der Waals surface area contributed by atoms with Crippen molar-refractivity contribution in [3.8, 4) is 0 Å². The number of nitrogens with zero attached hydrogens (tertiary/aromatic N) is 1. The van der Waals surface area contributed by atoms with Crippen molar-refractivity contribution in [3.63, 3.8) is 0 Å². The van der Waals surface area contributed by atoms with Gasteiger partial charge in [-0.05, 0) is 31.3 Å². The van der Waals surface area contributed by atoms with Crippen molar-refractivity contribution in [1.82, 2.24) is 0 Å². The molecule has 0 spiro atoms. The molecule has 76 valence electrons. The van der Waals surface area contributed by atoms with E-state index >= 15 is 0 Å². The maximum Gasteiger partial charge on any atom is 0.231 e. The first-order valence-corrected chi connectivity index (χ1v) is 4.54. The maximum atomic E-state index is 10.5. The predicted molar refractivity (Wildman–Crippen MR) is 54.4 cm³/mol. The van der Waals surface area contributed by atoms with Gasteiger partial charge in [-0.1, -0.05) is 19.9 Å². The molecular weight excluding hydrogens is 166 g/mol. The first-order valence-electron chi connectivity index (χ1n) is 4.54. The van der Waals surface area contributed by atoms with E-state index in [1.807, 2.05) is 0 Å². The van der Waals surface area contributed by atoms with Gasteiger partial charge in [-0.3, -0.25) is 10.1 Å². The van der Waals surface area contributed by atoms with Gasteiger partial charge in [0, 0.05) is 11.8 Å². The highest BCUT2D eigenvalue weighted by Gasteiger charge is 2.19. The molecule has 0 aromatic heterocycles. The monoisotopic (exact) mass is 185 g/mol. The Kier molecular flexibility index (Phi) is 5.35.